The predicted molar refractivity (Wildman–Crippen MR) is 104 cm³/mol. The Labute approximate surface area is 172 Å². The molecule has 1 aliphatic rings. The van der Waals surface area contributed by atoms with Gasteiger partial charge in [0.25, 0.3) is 0 Å². The first-order chi connectivity index (χ1) is 14.0. The van der Waals surface area contributed by atoms with Gasteiger partial charge in [0.05, 0.1) is 18.4 Å². The van der Waals surface area contributed by atoms with Crippen molar-refractivity contribution in [2.24, 2.45) is 0 Å². The van der Waals surface area contributed by atoms with Gasteiger partial charge in [0, 0.05) is 20.1 Å². The van der Waals surface area contributed by atoms with Crippen molar-refractivity contribution in [2.45, 2.75) is 37.6 Å². The molecule has 0 spiro atoms. The molecular weight excluding hydrogens is 399 g/mol. The van der Waals surface area contributed by atoms with Crippen LogP contribution in [0.3, 0.4) is 0 Å². The Kier molecular flexibility index (Phi) is 7.21. The van der Waals surface area contributed by atoms with Gasteiger partial charge in [-0.1, -0.05) is 23.9 Å². The number of carbonyl (C=O) groups is 2. The maximum atomic E-state index is 13.8. The molecule has 1 aromatic carbocycles. The zero-order valence-corrected chi connectivity index (χ0v) is 17.2. The lowest BCUT2D eigenvalue weighted by Crippen LogP contribution is -2.33. The summed E-state index contributed by atoms with van der Waals surface area (Å²) in [6.07, 6.45) is 1.11. The summed E-state index contributed by atoms with van der Waals surface area (Å²) in [4.78, 5) is 25.4. The van der Waals surface area contributed by atoms with Gasteiger partial charge in [-0.25, -0.2) is 4.39 Å². The highest BCUT2D eigenvalue weighted by Crippen LogP contribution is 2.25. The number of imide groups is 1. The summed E-state index contributed by atoms with van der Waals surface area (Å²) in [5, 5.41) is 8.83. The number of thioether (sulfide) groups is 1. The lowest BCUT2D eigenvalue weighted by Gasteiger charge is -2.18. The quantitative estimate of drug-likeness (QED) is 0.574. The molecule has 0 radical (unpaired) electrons. The van der Waals surface area contributed by atoms with Gasteiger partial charge in [-0.15, -0.1) is 10.2 Å². The molecule has 1 fully saturated rings. The van der Waals surface area contributed by atoms with Crippen molar-refractivity contribution >= 4 is 23.6 Å². The van der Waals surface area contributed by atoms with Crippen LogP contribution in [0.15, 0.2) is 29.4 Å². The van der Waals surface area contributed by atoms with Crippen LogP contribution in [0.2, 0.25) is 0 Å². The first kappa shape index (κ1) is 21.3. The number of ether oxygens (including phenoxy) is 2. The normalized spacial score (nSPS) is 15.0. The van der Waals surface area contributed by atoms with Crippen molar-refractivity contribution in [3.05, 3.63) is 35.9 Å². The van der Waals surface area contributed by atoms with Crippen LogP contribution in [0.5, 0.6) is 5.75 Å². The molecule has 2 heterocycles. The summed E-state index contributed by atoms with van der Waals surface area (Å²) in [5.74, 6) is -0.140. The molecule has 1 atom stereocenters. The Morgan fingerprint density at radius 3 is 2.83 bits per heavy atom. The van der Waals surface area contributed by atoms with Gasteiger partial charge < -0.3 is 9.47 Å². The first-order valence-electron chi connectivity index (χ1n) is 9.27. The average Bonchev–Trinajstić information content (AvgIpc) is 3.31. The van der Waals surface area contributed by atoms with Crippen molar-refractivity contribution in [3.63, 3.8) is 0 Å². The molecule has 1 aromatic heterocycles. The zero-order chi connectivity index (χ0) is 20.8. The smallest absolute Gasteiger partial charge is 0.239 e. The van der Waals surface area contributed by atoms with E-state index in [1.807, 2.05) is 11.5 Å². The zero-order valence-electron chi connectivity index (χ0n) is 16.3. The maximum Gasteiger partial charge on any atom is 0.239 e. The third-order valence-electron chi connectivity index (χ3n) is 4.48. The number of hydrogen-bond acceptors (Lipinski definition) is 7. The van der Waals surface area contributed by atoms with Crippen LogP contribution in [-0.2, 0) is 20.9 Å². The van der Waals surface area contributed by atoms with Gasteiger partial charge in [-0.2, -0.15) is 0 Å². The highest BCUT2D eigenvalue weighted by molar-refractivity contribution is 7.99. The largest absolute Gasteiger partial charge is 0.483 e. The molecular formula is C19H23FN4O4S. The van der Waals surface area contributed by atoms with Crippen LogP contribution in [-0.4, -0.2) is 57.5 Å². The Morgan fingerprint density at radius 1 is 1.34 bits per heavy atom. The van der Waals surface area contributed by atoms with Gasteiger partial charge in [0.15, 0.2) is 22.5 Å². The highest BCUT2D eigenvalue weighted by Gasteiger charge is 2.27. The second kappa shape index (κ2) is 9.84. The Balaban J connectivity index is 1.72. The van der Waals surface area contributed by atoms with E-state index in [1.54, 1.807) is 19.2 Å². The standard InChI is InChI=1S/C19H23FN4O4S/c1-13(10-27-2)24-16(11-28-15-7-4-3-6-14(15)20)21-22-19(24)29-12-18(26)23-9-5-8-17(23)25/h3-4,6-7,13H,5,8-12H2,1-2H3/t13-/m0/s1. The fourth-order valence-electron chi connectivity index (χ4n) is 3.08. The number of para-hydroxylation sites is 1. The fraction of sp³-hybridized carbons (Fsp3) is 0.474. The minimum absolute atomic E-state index is 0.0150. The van der Waals surface area contributed by atoms with Crippen molar-refractivity contribution in [2.75, 3.05) is 26.0 Å². The molecule has 2 aromatic rings. The minimum Gasteiger partial charge on any atom is -0.483 e. The summed E-state index contributed by atoms with van der Waals surface area (Å²) in [6.45, 7) is 2.81. The van der Waals surface area contributed by atoms with Crippen LogP contribution >= 0.6 is 11.8 Å². The van der Waals surface area contributed by atoms with Gasteiger partial charge in [-0.05, 0) is 25.5 Å². The number of methoxy groups -OCH3 is 1. The summed E-state index contributed by atoms with van der Waals surface area (Å²) in [7, 11) is 1.59. The molecule has 3 rings (SSSR count). The van der Waals surface area contributed by atoms with Gasteiger partial charge in [0.1, 0.15) is 6.61 Å². The Morgan fingerprint density at radius 2 is 2.14 bits per heavy atom. The Hall–Kier alpha value is -2.46. The van der Waals surface area contributed by atoms with Crippen molar-refractivity contribution in [3.8, 4) is 5.75 Å². The van der Waals surface area contributed by atoms with E-state index in [-0.39, 0.29) is 36.0 Å². The summed E-state index contributed by atoms with van der Waals surface area (Å²) >= 11 is 1.20. The van der Waals surface area contributed by atoms with E-state index >= 15 is 0 Å². The van der Waals surface area contributed by atoms with E-state index < -0.39 is 5.82 Å². The van der Waals surface area contributed by atoms with Crippen LogP contribution in [0, 0.1) is 5.82 Å². The molecule has 1 aliphatic heterocycles. The van der Waals surface area contributed by atoms with Crippen molar-refractivity contribution < 1.29 is 23.5 Å². The molecule has 0 aliphatic carbocycles. The molecule has 8 nitrogen and oxygen atoms in total. The molecule has 10 heteroatoms. The molecule has 0 saturated carbocycles. The van der Waals surface area contributed by atoms with E-state index in [4.69, 9.17) is 9.47 Å². The third kappa shape index (κ3) is 5.13. The lowest BCUT2D eigenvalue weighted by molar-refractivity contribution is -0.140. The molecule has 2 amide bonds. The predicted octanol–water partition coefficient (Wildman–Crippen LogP) is 2.44. The molecule has 1 saturated heterocycles. The maximum absolute atomic E-state index is 13.8. The van der Waals surface area contributed by atoms with E-state index in [9.17, 15) is 14.0 Å². The number of likely N-dealkylation sites (tertiary alicyclic amines) is 1. The first-order valence-corrected chi connectivity index (χ1v) is 10.3. The summed E-state index contributed by atoms with van der Waals surface area (Å²) in [5.41, 5.74) is 0. The number of nitrogens with zero attached hydrogens (tertiary/aromatic N) is 4. The van der Waals surface area contributed by atoms with Crippen LogP contribution in [0.1, 0.15) is 31.6 Å². The number of hydrogen-bond donors (Lipinski definition) is 0. The van der Waals surface area contributed by atoms with E-state index in [0.717, 1.165) is 0 Å². The van der Waals surface area contributed by atoms with Gasteiger partial charge in [0.2, 0.25) is 11.8 Å². The van der Waals surface area contributed by atoms with Gasteiger partial charge in [-0.3, -0.25) is 19.1 Å². The van der Waals surface area contributed by atoms with Crippen LogP contribution in [0.25, 0.3) is 0 Å². The van der Waals surface area contributed by atoms with Crippen molar-refractivity contribution in [1.29, 1.82) is 0 Å². The SMILES string of the molecule is COC[C@H](C)n1c(COc2ccccc2F)nnc1SCC(=O)N1CCCC1=O. The summed E-state index contributed by atoms with van der Waals surface area (Å²) < 4.78 is 26.4. The molecule has 0 N–H and O–H groups in total. The average molecular weight is 422 g/mol. The van der Waals surface area contributed by atoms with E-state index in [0.29, 0.717) is 37.0 Å². The molecule has 29 heavy (non-hydrogen) atoms. The number of halogens is 1. The lowest BCUT2D eigenvalue weighted by atomic mass is 10.3. The Bertz CT molecular complexity index is 876. The number of benzene rings is 1. The number of carbonyl (C=O) groups excluding carboxylic acids is 2. The second-order valence-electron chi connectivity index (χ2n) is 6.62. The number of rotatable bonds is 9. The number of aromatic nitrogens is 3. The number of amides is 2. The summed E-state index contributed by atoms with van der Waals surface area (Å²) in [6, 6.07) is 6.00. The fourth-order valence-corrected chi connectivity index (χ4v) is 4.01. The van der Waals surface area contributed by atoms with E-state index in [1.165, 1.54) is 28.8 Å². The second-order valence-corrected chi connectivity index (χ2v) is 7.57. The van der Waals surface area contributed by atoms with Gasteiger partial charge >= 0.3 is 0 Å². The van der Waals surface area contributed by atoms with Crippen LogP contribution in [0.4, 0.5) is 4.39 Å². The highest BCUT2D eigenvalue weighted by atomic mass is 32.2. The minimum atomic E-state index is -0.459. The monoisotopic (exact) mass is 422 g/mol. The van der Waals surface area contributed by atoms with Crippen molar-refractivity contribution in [1.82, 2.24) is 19.7 Å². The van der Waals surface area contributed by atoms with Crippen LogP contribution < -0.4 is 4.74 Å². The molecule has 156 valence electrons. The third-order valence-corrected chi connectivity index (χ3v) is 5.40. The van der Waals surface area contributed by atoms with E-state index in [2.05, 4.69) is 10.2 Å². The molecule has 0 bridgehead atoms. The topological polar surface area (TPSA) is 86.6 Å². The molecule has 0 unspecified atom stereocenters.